The quantitative estimate of drug-likeness (QED) is 0.782. The Morgan fingerprint density at radius 3 is 2.94 bits per heavy atom. The monoisotopic (exact) mass is 292 g/mol. The van der Waals surface area contributed by atoms with Crippen molar-refractivity contribution < 1.29 is 13.5 Å². The highest BCUT2D eigenvalue weighted by molar-refractivity contribution is 9.10. The van der Waals surface area contributed by atoms with Gasteiger partial charge in [0, 0.05) is 19.3 Å². The van der Waals surface area contributed by atoms with Crippen molar-refractivity contribution in [2.24, 2.45) is 0 Å². The van der Waals surface area contributed by atoms with Crippen molar-refractivity contribution in [3.63, 3.8) is 0 Å². The first-order chi connectivity index (χ1) is 7.55. The molecule has 1 saturated heterocycles. The fraction of sp³-hybridized carbons (Fsp3) is 0.500. The van der Waals surface area contributed by atoms with E-state index in [1.807, 2.05) is 6.07 Å². The third-order valence-electron chi connectivity index (χ3n) is 2.32. The predicted molar refractivity (Wildman–Crippen MR) is 58.1 cm³/mol. The lowest BCUT2D eigenvalue weighted by Crippen LogP contribution is -2.46. The van der Waals surface area contributed by atoms with E-state index in [0.717, 1.165) is 10.2 Å². The van der Waals surface area contributed by atoms with E-state index >= 15 is 0 Å². The zero-order chi connectivity index (χ0) is 11.6. The summed E-state index contributed by atoms with van der Waals surface area (Å²) in [6, 6.07) is 3.67. The van der Waals surface area contributed by atoms with Gasteiger partial charge in [0.15, 0.2) is 0 Å². The number of rotatable bonds is 2. The highest BCUT2D eigenvalue weighted by atomic mass is 79.9. The summed E-state index contributed by atoms with van der Waals surface area (Å²) in [6.07, 6.45) is -1.35. The van der Waals surface area contributed by atoms with Gasteiger partial charge in [-0.3, -0.25) is 4.90 Å². The summed E-state index contributed by atoms with van der Waals surface area (Å²) in [4.78, 5) is 5.71. The first kappa shape index (κ1) is 11.9. The van der Waals surface area contributed by atoms with Crippen molar-refractivity contribution in [2.75, 3.05) is 19.7 Å². The van der Waals surface area contributed by atoms with Crippen LogP contribution in [0.2, 0.25) is 0 Å². The van der Waals surface area contributed by atoms with Gasteiger partial charge >= 0.3 is 6.11 Å². The van der Waals surface area contributed by atoms with Gasteiger partial charge in [-0.25, -0.2) is 4.98 Å². The lowest BCUT2D eigenvalue weighted by atomic mass is 10.2. The molecule has 0 aliphatic carbocycles. The normalized spacial score (nSPS) is 20.9. The van der Waals surface area contributed by atoms with Gasteiger partial charge in [0.05, 0.1) is 13.2 Å². The number of morpholine rings is 1. The molecule has 6 heteroatoms. The maximum Gasteiger partial charge on any atom is 0.368 e. The van der Waals surface area contributed by atoms with Crippen LogP contribution >= 0.6 is 15.9 Å². The van der Waals surface area contributed by atoms with Crippen molar-refractivity contribution in [2.45, 2.75) is 12.7 Å². The van der Waals surface area contributed by atoms with Gasteiger partial charge in [-0.05, 0) is 27.6 Å². The van der Waals surface area contributed by atoms with Crippen LogP contribution in [0, 0.1) is 0 Å². The standard InChI is InChI=1S/C10H11BrF2N2O/c11-9-2-1-8(5-14-9)6-15-3-4-16-10(12,13)7-15/h1-2,5H,3-4,6-7H2. The summed E-state index contributed by atoms with van der Waals surface area (Å²) in [5.41, 5.74) is 0.918. The molecule has 0 unspecified atom stereocenters. The van der Waals surface area contributed by atoms with Crippen molar-refractivity contribution in [1.82, 2.24) is 9.88 Å². The number of aromatic nitrogens is 1. The maximum atomic E-state index is 12.9. The van der Waals surface area contributed by atoms with Gasteiger partial charge in [-0.2, -0.15) is 8.78 Å². The molecule has 1 aromatic rings. The zero-order valence-electron chi connectivity index (χ0n) is 8.50. The Hall–Kier alpha value is -0.590. The van der Waals surface area contributed by atoms with Crippen LogP contribution < -0.4 is 0 Å². The number of hydrogen-bond acceptors (Lipinski definition) is 3. The molecule has 16 heavy (non-hydrogen) atoms. The number of ether oxygens (including phenoxy) is 1. The Kier molecular flexibility index (Phi) is 3.51. The van der Waals surface area contributed by atoms with Crippen LogP contribution in [0.15, 0.2) is 22.9 Å². The topological polar surface area (TPSA) is 25.4 Å². The minimum absolute atomic E-state index is 0.0664. The Morgan fingerprint density at radius 1 is 1.50 bits per heavy atom. The smallest absolute Gasteiger partial charge is 0.318 e. The van der Waals surface area contributed by atoms with Crippen molar-refractivity contribution >= 4 is 15.9 Å². The molecule has 0 bridgehead atoms. The first-order valence-corrected chi connectivity index (χ1v) is 5.69. The molecule has 0 saturated carbocycles. The largest absolute Gasteiger partial charge is 0.368 e. The summed E-state index contributed by atoms with van der Waals surface area (Å²) >= 11 is 3.22. The van der Waals surface area contributed by atoms with E-state index in [4.69, 9.17) is 0 Å². The molecule has 1 fully saturated rings. The molecular formula is C10H11BrF2N2O. The van der Waals surface area contributed by atoms with Crippen molar-refractivity contribution in [3.05, 3.63) is 28.5 Å². The molecule has 1 aliphatic rings. The molecule has 0 atom stereocenters. The third-order valence-corrected chi connectivity index (χ3v) is 2.79. The SMILES string of the molecule is FC1(F)CN(Cc2ccc(Br)nc2)CCO1. The van der Waals surface area contributed by atoms with Crippen LogP contribution in [0.3, 0.4) is 0 Å². The number of hydrogen-bond donors (Lipinski definition) is 0. The number of halogens is 3. The summed E-state index contributed by atoms with van der Waals surface area (Å²) in [5, 5.41) is 0. The Bertz CT molecular complexity index is 358. The van der Waals surface area contributed by atoms with Crippen molar-refractivity contribution in [3.8, 4) is 0 Å². The van der Waals surface area contributed by atoms with Crippen LogP contribution in [0.1, 0.15) is 5.56 Å². The Balaban J connectivity index is 1.97. The average molecular weight is 293 g/mol. The fourth-order valence-electron chi connectivity index (χ4n) is 1.60. The molecule has 0 radical (unpaired) electrons. The summed E-state index contributed by atoms with van der Waals surface area (Å²) in [5.74, 6) is 0. The number of alkyl halides is 2. The van der Waals surface area contributed by atoms with E-state index in [9.17, 15) is 8.78 Å². The third kappa shape index (κ3) is 3.20. The molecule has 1 aromatic heterocycles. The van der Waals surface area contributed by atoms with E-state index < -0.39 is 6.11 Å². The van der Waals surface area contributed by atoms with E-state index in [1.165, 1.54) is 0 Å². The predicted octanol–water partition coefficient (Wildman–Crippen LogP) is 2.27. The minimum atomic E-state index is -3.03. The van der Waals surface area contributed by atoms with Crippen LogP contribution in [0.5, 0.6) is 0 Å². The minimum Gasteiger partial charge on any atom is -0.318 e. The molecule has 0 N–H and O–H groups in total. The van der Waals surface area contributed by atoms with E-state index in [0.29, 0.717) is 13.1 Å². The second-order valence-electron chi connectivity index (χ2n) is 3.69. The van der Waals surface area contributed by atoms with Gasteiger partial charge in [0.2, 0.25) is 0 Å². The summed E-state index contributed by atoms with van der Waals surface area (Å²) < 4.78 is 31.0. The van der Waals surface area contributed by atoms with Crippen LogP contribution in [0.25, 0.3) is 0 Å². The second-order valence-corrected chi connectivity index (χ2v) is 4.50. The lowest BCUT2D eigenvalue weighted by molar-refractivity contribution is -0.271. The molecule has 2 heterocycles. The van der Waals surface area contributed by atoms with Crippen molar-refractivity contribution in [1.29, 1.82) is 0 Å². The molecule has 88 valence electrons. The highest BCUT2D eigenvalue weighted by Crippen LogP contribution is 2.22. The van der Waals surface area contributed by atoms with E-state index in [-0.39, 0.29) is 13.2 Å². The summed E-state index contributed by atoms with van der Waals surface area (Å²) in [7, 11) is 0. The Morgan fingerprint density at radius 2 is 2.31 bits per heavy atom. The fourth-order valence-corrected chi connectivity index (χ4v) is 1.84. The Labute approximate surface area is 101 Å². The van der Waals surface area contributed by atoms with Crippen LogP contribution in [-0.4, -0.2) is 35.7 Å². The van der Waals surface area contributed by atoms with Gasteiger partial charge in [-0.15, -0.1) is 0 Å². The first-order valence-electron chi connectivity index (χ1n) is 4.90. The zero-order valence-corrected chi connectivity index (χ0v) is 10.1. The molecule has 0 aromatic carbocycles. The molecule has 3 nitrogen and oxygen atoms in total. The van der Waals surface area contributed by atoms with E-state index in [2.05, 4.69) is 25.7 Å². The molecule has 1 aliphatic heterocycles. The molecule has 0 spiro atoms. The maximum absolute atomic E-state index is 12.9. The second kappa shape index (κ2) is 4.73. The van der Waals surface area contributed by atoms with Gasteiger partial charge in [-0.1, -0.05) is 6.07 Å². The summed E-state index contributed by atoms with van der Waals surface area (Å²) in [6.45, 7) is 0.699. The highest BCUT2D eigenvalue weighted by Gasteiger charge is 2.36. The van der Waals surface area contributed by atoms with Gasteiger partial charge in [0.25, 0.3) is 0 Å². The average Bonchev–Trinajstić information content (AvgIpc) is 2.20. The van der Waals surface area contributed by atoms with Crippen LogP contribution in [-0.2, 0) is 11.3 Å². The van der Waals surface area contributed by atoms with Gasteiger partial charge < -0.3 is 4.74 Å². The van der Waals surface area contributed by atoms with Gasteiger partial charge in [0.1, 0.15) is 4.60 Å². The number of pyridine rings is 1. The van der Waals surface area contributed by atoms with E-state index in [1.54, 1.807) is 17.2 Å². The van der Waals surface area contributed by atoms with Crippen LogP contribution in [0.4, 0.5) is 8.78 Å². The number of nitrogens with zero attached hydrogens (tertiary/aromatic N) is 2. The molecule has 2 rings (SSSR count). The lowest BCUT2D eigenvalue weighted by Gasteiger charge is -2.32. The molecule has 0 amide bonds. The molecular weight excluding hydrogens is 282 g/mol.